The van der Waals surface area contributed by atoms with Crippen molar-refractivity contribution >= 4 is 21.6 Å². The number of aliphatic hydroxyl groups is 1. The van der Waals surface area contributed by atoms with Crippen LogP contribution in [0.4, 0.5) is 5.69 Å². The number of fused-ring (bicyclic) bond motifs is 1. The highest BCUT2D eigenvalue weighted by Gasteiger charge is 2.36. The van der Waals surface area contributed by atoms with E-state index in [1.54, 1.807) is 35.6 Å². The van der Waals surface area contributed by atoms with Crippen LogP contribution in [-0.4, -0.2) is 91.2 Å². The number of likely N-dealkylation sites (N-methyl/N-ethyl adjacent to an activating group) is 1. The zero-order valence-corrected chi connectivity index (χ0v) is 20.8. The van der Waals surface area contributed by atoms with E-state index in [2.05, 4.69) is 4.98 Å². The summed E-state index contributed by atoms with van der Waals surface area (Å²) in [6.45, 7) is 3.90. The number of para-hydroxylation sites is 1. The number of hydrogen-bond acceptors (Lipinski definition) is 7. The van der Waals surface area contributed by atoms with E-state index in [1.165, 1.54) is 23.9 Å². The highest BCUT2D eigenvalue weighted by molar-refractivity contribution is 7.89. The Morgan fingerprint density at radius 3 is 2.58 bits per heavy atom. The molecule has 0 unspecified atom stereocenters. The molecule has 0 spiro atoms. The first-order valence-electron chi connectivity index (χ1n) is 10.8. The first-order chi connectivity index (χ1) is 15.5. The van der Waals surface area contributed by atoms with Gasteiger partial charge in [0, 0.05) is 46.9 Å². The SMILES string of the molecule is C[C@H]1CN([C@@H](C)CO)C(=O)c2cccc(N(C)C)c2O[C@@H]1CN(C)S(=O)(=O)c1cn(C)cn1. The Bertz CT molecular complexity index is 1100. The van der Waals surface area contributed by atoms with Gasteiger partial charge in [-0.3, -0.25) is 4.79 Å². The topological polar surface area (TPSA) is 108 Å². The molecule has 1 aromatic carbocycles. The van der Waals surface area contributed by atoms with Crippen LogP contribution in [-0.2, 0) is 17.1 Å². The van der Waals surface area contributed by atoms with E-state index < -0.39 is 22.2 Å². The van der Waals surface area contributed by atoms with Gasteiger partial charge in [0.15, 0.2) is 10.8 Å². The predicted octanol–water partition coefficient (Wildman–Crippen LogP) is 1.03. The lowest BCUT2D eigenvalue weighted by Crippen LogP contribution is -2.50. The number of carbonyl (C=O) groups is 1. The Hall–Kier alpha value is -2.63. The maximum atomic E-state index is 13.4. The Morgan fingerprint density at radius 1 is 1.30 bits per heavy atom. The van der Waals surface area contributed by atoms with E-state index in [9.17, 15) is 18.3 Å². The summed E-state index contributed by atoms with van der Waals surface area (Å²) in [6.07, 6.45) is 2.35. The van der Waals surface area contributed by atoms with Gasteiger partial charge in [0.25, 0.3) is 15.9 Å². The number of hydrogen-bond donors (Lipinski definition) is 1. The van der Waals surface area contributed by atoms with E-state index in [0.29, 0.717) is 23.5 Å². The van der Waals surface area contributed by atoms with Crippen LogP contribution in [0.15, 0.2) is 35.7 Å². The van der Waals surface area contributed by atoms with E-state index in [1.807, 2.05) is 32.0 Å². The van der Waals surface area contributed by atoms with E-state index in [-0.39, 0.29) is 30.0 Å². The van der Waals surface area contributed by atoms with Gasteiger partial charge in [-0.1, -0.05) is 13.0 Å². The maximum Gasteiger partial charge on any atom is 0.261 e. The van der Waals surface area contributed by atoms with Crippen molar-refractivity contribution in [1.82, 2.24) is 18.8 Å². The fraction of sp³-hybridized carbons (Fsp3) is 0.545. The van der Waals surface area contributed by atoms with Crippen LogP contribution in [0.25, 0.3) is 0 Å². The molecular formula is C22H33N5O5S. The largest absolute Gasteiger partial charge is 0.486 e. The number of sulfonamides is 1. The van der Waals surface area contributed by atoms with Gasteiger partial charge in [-0.05, 0) is 19.1 Å². The molecule has 0 radical (unpaired) electrons. The first kappa shape index (κ1) is 25.0. The summed E-state index contributed by atoms with van der Waals surface area (Å²) in [5.74, 6) is -0.0365. The van der Waals surface area contributed by atoms with Crippen molar-refractivity contribution in [3.05, 3.63) is 36.3 Å². The molecule has 182 valence electrons. The third-order valence-corrected chi connectivity index (χ3v) is 7.65. The van der Waals surface area contributed by atoms with Crippen LogP contribution in [0.2, 0.25) is 0 Å². The summed E-state index contributed by atoms with van der Waals surface area (Å²) >= 11 is 0. The van der Waals surface area contributed by atoms with Gasteiger partial charge in [0.1, 0.15) is 6.10 Å². The number of aromatic nitrogens is 2. The number of nitrogens with zero attached hydrogens (tertiary/aromatic N) is 5. The summed E-state index contributed by atoms with van der Waals surface area (Å²) in [5, 5.41) is 9.72. The number of carbonyl (C=O) groups excluding carboxylic acids is 1. The van der Waals surface area contributed by atoms with Gasteiger partial charge >= 0.3 is 0 Å². The number of ether oxygens (including phenoxy) is 1. The molecule has 0 fully saturated rings. The second-order valence-electron chi connectivity index (χ2n) is 8.83. The van der Waals surface area contributed by atoms with Crippen molar-refractivity contribution in [2.45, 2.75) is 31.0 Å². The molecule has 0 bridgehead atoms. The number of benzene rings is 1. The van der Waals surface area contributed by atoms with Gasteiger partial charge in [0.05, 0.1) is 36.8 Å². The minimum Gasteiger partial charge on any atom is -0.486 e. The van der Waals surface area contributed by atoms with Gasteiger partial charge in [-0.2, -0.15) is 4.31 Å². The minimum absolute atomic E-state index is 0.0360. The van der Waals surface area contributed by atoms with E-state index in [4.69, 9.17) is 4.74 Å². The highest BCUT2D eigenvalue weighted by atomic mass is 32.2. The summed E-state index contributed by atoms with van der Waals surface area (Å²) in [5.41, 5.74) is 1.10. The first-order valence-corrected chi connectivity index (χ1v) is 12.2. The average Bonchev–Trinajstić information content (AvgIpc) is 3.22. The smallest absolute Gasteiger partial charge is 0.261 e. The lowest BCUT2D eigenvalue weighted by atomic mass is 9.99. The quantitative estimate of drug-likeness (QED) is 0.632. The lowest BCUT2D eigenvalue weighted by Gasteiger charge is -2.38. The van der Waals surface area contributed by atoms with Gasteiger partial charge in [-0.25, -0.2) is 13.4 Å². The van der Waals surface area contributed by atoms with Crippen molar-refractivity contribution in [1.29, 1.82) is 0 Å². The minimum atomic E-state index is -3.82. The molecule has 10 nitrogen and oxygen atoms in total. The Labute approximate surface area is 195 Å². The number of rotatable bonds is 7. The fourth-order valence-electron chi connectivity index (χ4n) is 3.83. The van der Waals surface area contributed by atoms with Crippen molar-refractivity contribution in [2.75, 3.05) is 45.7 Å². The Balaban J connectivity index is 2.02. The van der Waals surface area contributed by atoms with E-state index >= 15 is 0 Å². The van der Waals surface area contributed by atoms with Crippen LogP contribution < -0.4 is 9.64 Å². The number of aryl methyl sites for hydroxylation is 1. The third kappa shape index (κ3) is 4.99. The normalized spacial score (nSPS) is 20.1. The second kappa shape index (κ2) is 9.70. The van der Waals surface area contributed by atoms with Gasteiger partial charge in [-0.15, -0.1) is 0 Å². The van der Waals surface area contributed by atoms with E-state index in [0.717, 1.165) is 0 Å². The molecule has 3 rings (SSSR count). The van der Waals surface area contributed by atoms with Crippen molar-refractivity contribution in [2.24, 2.45) is 13.0 Å². The summed E-state index contributed by atoms with van der Waals surface area (Å²) in [4.78, 5) is 20.9. The molecule has 2 heterocycles. The molecule has 0 saturated heterocycles. The highest BCUT2D eigenvalue weighted by Crippen LogP contribution is 2.36. The Kier molecular flexibility index (Phi) is 7.35. The predicted molar refractivity (Wildman–Crippen MR) is 125 cm³/mol. The second-order valence-corrected chi connectivity index (χ2v) is 10.8. The fourth-order valence-corrected chi connectivity index (χ4v) is 4.97. The van der Waals surface area contributed by atoms with Crippen molar-refractivity contribution in [3.8, 4) is 5.75 Å². The van der Waals surface area contributed by atoms with Gasteiger partial charge in [0.2, 0.25) is 0 Å². The number of amides is 1. The molecule has 3 atom stereocenters. The summed E-state index contributed by atoms with van der Waals surface area (Å²) in [7, 11) is 3.09. The number of imidazole rings is 1. The molecule has 1 aliphatic heterocycles. The van der Waals surface area contributed by atoms with Crippen molar-refractivity contribution in [3.63, 3.8) is 0 Å². The molecule has 1 N–H and O–H groups in total. The van der Waals surface area contributed by atoms with Crippen LogP contribution in [0.1, 0.15) is 24.2 Å². The van der Waals surface area contributed by atoms with Crippen LogP contribution in [0.5, 0.6) is 5.75 Å². The molecule has 1 amide bonds. The van der Waals surface area contributed by atoms with Gasteiger partial charge < -0.3 is 24.2 Å². The number of aliphatic hydroxyl groups excluding tert-OH is 1. The summed E-state index contributed by atoms with van der Waals surface area (Å²) in [6, 6.07) is 4.94. The number of anilines is 1. The lowest BCUT2D eigenvalue weighted by molar-refractivity contribution is 0.0388. The molecule has 0 saturated carbocycles. The molecule has 2 aromatic rings. The molecule has 1 aromatic heterocycles. The van der Waals surface area contributed by atoms with Crippen LogP contribution in [0.3, 0.4) is 0 Å². The molecular weight excluding hydrogens is 446 g/mol. The third-order valence-electron chi connectivity index (χ3n) is 5.95. The zero-order valence-electron chi connectivity index (χ0n) is 20.0. The standard InChI is InChI=1S/C22H33N5O5S/c1-15-10-27(16(2)13-28)22(29)17-8-7-9-18(24(3)4)21(17)32-19(15)11-26(6)33(30,31)20-12-25(5)14-23-20/h7-9,12,14-16,19,28H,10-11,13H2,1-6H3/t15-,16-,19+/m0/s1. The maximum absolute atomic E-state index is 13.4. The molecule has 33 heavy (non-hydrogen) atoms. The molecule has 1 aliphatic rings. The van der Waals surface area contributed by atoms with Crippen molar-refractivity contribution < 1.29 is 23.1 Å². The summed E-state index contributed by atoms with van der Waals surface area (Å²) < 4.78 is 35.3. The Morgan fingerprint density at radius 2 is 2.00 bits per heavy atom. The van der Waals surface area contributed by atoms with Crippen LogP contribution >= 0.6 is 0 Å². The monoisotopic (exact) mass is 479 g/mol. The molecule has 11 heteroatoms. The average molecular weight is 480 g/mol. The van der Waals surface area contributed by atoms with Crippen LogP contribution in [0, 0.1) is 5.92 Å². The zero-order chi connectivity index (χ0) is 24.5. The molecule has 0 aliphatic carbocycles.